The lowest BCUT2D eigenvalue weighted by molar-refractivity contribution is -0.116. The number of Topliss-reactive ketones (excluding diaryl/α,β-unsaturated/α-hetero) is 1. The Morgan fingerprint density at radius 3 is 2.48 bits per heavy atom. The van der Waals surface area contributed by atoms with Crippen molar-refractivity contribution in [2.75, 3.05) is 10.6 Å². The number of ketones is 1. The van der Waals surface area contributed by atoms with Gasteiger partial charge in [-0.15, -0.1) is 11.3 Å². The highest BCUT2D eigenvalue weighted by Gasteiger charge is 2.36. The second kappa shape index (κ2) is 7.40. The van der Waals surface area contributed by atoms with Crippen molar-refractivity contribution in [1.82, 2.24) is 0 Å². The molecule has 2 N–H and O–H groups in total. The molecule has 2 aliphatic rings. The number of nitrogens with one attached hydrogen (secondary N) is 2. The van der Waals surface area contributed by atoms with Gasteiger partial charge in [0.1, 0.15) is 0 Å². The van der Waals surface area contributed by atoms with Gasteiger partial charge in [-0.3, -0.25) is 4.79 Å². The zero-order chi connectivity index (χ0) is 20.8. The van der Waals surface area contributed by atoms with Gasteiger partial charge in [0.15, 0.2) is 5.78 Å². The van der Waals surface area contributed by atoms with E-state index in [1.54, 1.807) is 11.3 Å². The number of benzene rings is 3. The number of anilines is 2. The van der Waals surface area contributed by atoms with Crippen molar-refractivity contribution in [3.05, 3.63) is 106 Å². The molecule has 0 radical (unpaired) electrons. The van der Waals surface area contributed by atoms with Gasteiger partial charge in [0, 0.05) is 28.5 Å². The predicted molar refractivity (Wildman–Crippen MR) is 129 cm³/mol. The molecule has 1 aliphatic heterocycles. The van der Waals surface area contributed by atoms with Crippen LogP contribution >= 0.6 is 11.3 Å². The molecule has 3 nitrogen and oxygen atoms in total. The van der Waals surface area contributed by atoms with E-state index >= 15 is 0 Å². The second-order valence-corrected chi connectivity index (χ2v) is 9.23. The minimum atomic E-state index is -0.186. The molecule has 1 aliphatic carbocycles. The van der Waals surface area contributed by atoms with Gasteiger partial charge in [0.2, 0.25) is 0 Å². The molecule has 1 aromatic heterocycles. The molecule has 4 heteroatoms. The first-order chi connectivity index (χ1) is 15.3. The van der Waals surface area contributed by atoms with Gasteiger partial charge in [-0.2, -0.15) is 0 Å². The quantitative estimate of drug-likeness (QED) is 0.370. The lowest BCUT2D eigenvalue weighted by Crippen LogP contribution is -2.26. The van der Waals surface area contributed by atoms with Crippen molar-refractivity contribution in [2.24, 2.45) is 0 Å². The molecule has 0 bridgehead atoms. The molecule has 4 aromatic rings. The van der Waals surface area contributed by atoms with Gasteiger partial charge in [0.05, 0.1) is 17.4 Å². The highest BCUT2D eigenvalue weighted by atomic mass is 32.1. The monoisotopic (exact) mass is 422 g/mol. The standard InChI is InChI=1S/C27H22N2OS/c30-24-16-18(25-13-6-14-31-25)15-23-26(24)27(29-22-12-4-3-11-21(22)28-23)20-10-5-8-17-7-1-2-9-19(17)20/h1-14,18,27-29H,15-16H2. The zero-order valence-electron chi connectivity index (χ0n) is 17.0. The number of fused-ring (bicyclic) bond motifs is 2. The van der Waals surface area contributed by atoms with Crippen molar-refractivity contribution in [3.63, 3.8) is 0 Å². The smallest absolute Gasteiger partial charge is 0.163 e. The number of para-hydroxylation sites is 2. The number of thiophene rings is 1. The Morgan fingerprint density at radius 2 is 1.61 bits per heavy atom. The molecular weight excluding hydrogens is 400 g/mol. The Balaban J connectivity index is 1.54. The van der Waals surface area contributed by atoms with E-state index in [4.69, 9.17) is 0 Å². The number of hydrogen-bond acceptors (Lipinski definition) is 4. The summed E-state index contributed by atoms with van der Waals surface area (Å²) in [5.41, 5.74) is 5.12. The van der Waals surface area contributed by atoms with Crippen molar-refractivity contribution in [2.45, 2.75) is 24.8 Å². The summed E-state index contributed by atoms with van der Waals surface area (Å²) in [5, 5.41) is 11.8. The Labute approximate surface area is 185 Å². The van der Waals surface area contributed by atoms with Gasteiger partial charge in [-0.1, -0.05) is 60.7 Å². The summed E-state index contributed by atoms with van der Waals surface area (Å²) in [4.78, 5) is 14.9. The Bertz CT molecular complexity index is 1320. The molecule has 0 fully saturated rings. The average molecular weight is 423 g/mol. The van der Waals surface area contributed by atoms with Crippen LogP contribution in [0.1, 0.15) is 35.2 Å². The molecule has 2 atom stereocenters. The van der Waals surface area contributed by atoms with Crippen molar-refractivity contribution in [1.29, 1.82) is 0 Å². The van der Waals surface area contributed by atoms with Crippen LogP contribution < -0.4 is 10.6 Å². The van der Waals surface area contributed by atoms with Crippen LogP contribution in [0.25, 0.3) is 10.8 Å². The van der Waals surface area contributed by atoms with E-state index in [1.807, 2.05) is 12.1 Å². The molecule has 2 heterocycles. The van der Waals surface area contributed by atoms with Gasteiger partial charge < -0.3 is 10.6 Å². The summed E-state index contributed by atoms with van der Waals surface area (Å²) < 4.78 is 0. The summed E-state index contributed by atoms with van der Waals surface area (Å²) in [7, 11) is 0. The van der Waals surface area contributed by atoms with Gasteiger partial charge in [-0.25, -0.2) is 0 Å². The molecule has 0 amide bonds. The summed E-state index contributed by atoms with van der Waals surface area (Å²) in [5.74, 6) is 0.461. The maximum Gasteiger partial charge on any atom is 0.163 e. The number of carbonyl (C=O) groups excluding carboxylic acids is 1. The summed E-state index contributed by atoms with van der Waals surface area (Å²) >= 11 is 1.74. The minimum Gasteiger partial charge on any atom is -0.372 e. The largest absolute Gasteiger partial charge is 0.372 e. The van der Waals surface area contributed by atoms with Gasteiger partial charge >= 0.3 is 0 Å². The highest BCUT2D eigenvalue weighted by molar-refractivity contribution is 7.10. The number of rotatable bonds is 2. The average Bonchev–Trinajstić information content (AvgIpc) is 3.28. The molecule has 0 spiro atoms. The topological polar surface area (TPSA) is 41.1 Å². The first-order valence-corrected chi connectivity index (χ1v) is 11.6. The summed E-state index contributed by atoms with van der Waals surface area (Å²) in [6, 6.07) is 27.1. The molecule has 152 valence electrons. The Hall–Kier alpha value is -3.37. The molecule has 0 saturated heterocycles. The predicted octanol–water partition coefficient (Wildman–Crippen LogP) is 6.88. The van der Waals surface area contributed by atoms with Crippen LogP contribution in [0.15, 0.2) is 95.5 Å². The summed E-state index contributed by atoms with van der Waals surface area (Å²) in [6.45, 7) is 0. The fourth-order valence-electron chi connectivity index (χ4n) is 4.95. The van der Waals surface area contributed by atoms with Crippen LogP contribution in [0.4, 0.5) is 11.4 Å². The normalized spacial score (nSPS) is 20.5. The van der Waals surface area contributed by atoms with E-state index in [0.717, 1.165) is 34.6 Å². The third kappa shape index (κ3) is 3.15. The fraction of sp³-hybridized carbons (Fsp3) is 0.148. The highest BCUT2D eigenvalue weighted by Crippen LogP contribution is 2.45. The molecule has 0 saturated carbocycles. The van der Waals surface area contributed by atoms with Crippen LogP contribution in [0.5, 0.6) is 0 Å². The van der Waals surface area contributed by atoms with E-state index in [2.05, 4.69) is 82.7 Å². The third-order valence-corrected chi connectivity index (χ3v) is 7.42. The van der Waals surface area contributed by atoms with Crippen molar-refractivity contribution < 1.29 is 4.79 Å². The number of carbonyl (C=O) groups is 1. The van der Waals surface area contributed by atoms with E-state index < -0.39 is 0 Å². The molecule has 6 rings (SSSR count). The number of hydrogen-bond donors (Lipinski definition) is 2. The van der Waals surface area contributed by atoms with E-state index in [0.29, 0.717) is 6.42 Å². The second-order valence-electron chi connectivity index (χ2n) is 8.25. The number of allylic oxidation sites excluding steroid dienone is 1. The lowest BCUT2D eigenvalue weighted by Gasteiger charge is -2.29. The van der Waals surface area contributed by atoms with Crippen LogP contribution in [0, 0.1) is 0 Å². The fourth-order valence-corrected chi connectivity index (χ4v) is 5.78. The van der Waals surface area contributed by atoms with Crippen LogP contribution in [0.3, 0.4) is 0 Å². The van der Waals surface area contributed by atoms with E-state index in [1.165, 1.54) is 15.6 Å². The first kappa shape index (κ1) is 18.4. The zero-order valence-corrected chi connectivity index (χ0v) is 17.8. The molecular formula is C27H22N2OS. The Kier molecular flexibility index (Phi) is 4.39. The third-order valence-electron chi connectivity index (χ3n) is 6.39. The van der Waals surface area contributed by atoms with E-state index in [9.17, 15) is 4.79 Å². The van der Waals surface area contributed by atoms with E-state index in [-0.39, 0.29) is 17.7 Å². The van der Waals surface area contributed by atoms with Crippen LogP contribution in [0.2, 0.25) is 0 Å². The Morgan fingerprint density at radius 1 is 0.806 bits per heavy atom. The maximum atomic E-state index is 13.6. The SMILES string of the molecule is O=C1CC(c2cccs2)CC2=C1C(c1cccc3ccccc13)Nc1ccccc1N2. The van der Waals surface area contributed by atoms with Crippen LogP contribution in [-0.4, -0.2) is 5.78 Å². The van der Waals surface area contributed by atoms with Crippen molar-refractivity contribution >= 4 is 39.3 Å². The van der Waals surface area contributed by atoms with Gasteiger partial charge in [-0.05, 0) is 46.3 Å². The van der Waals surface area contributed by atoms with Crippen LogP contribution in [-0.2, 0) is 4.79 Å². The summed E-state index contributed by atoms with van der Waals surface area (Å²) in [6.07, 6.45) is 1.40. The molecule has 3 aromatic carbocycles. The lowest BCUT2D eigenvalue weighted by atomic mass is 9.80. The van der Waals surface area contributed by atoms with Gasteiger partial charge in [0.25, 0.3) is 0 Å². The molecule has 31 heavy (non-hydrogen) atoms. The first-order valence-electron chi connectivity index (χ1n) is 10.7. The maximum absolute atomic E-state index is 13.6. The molecule has 2 unspecified atom stereocenters. The minimum absolute atomic E-state index is 0.186. The van der Waals surface area contributed by atoms with Crippen molar-refractivity contribution in [3.8, 4) is 0 Å².